The molecular formula is C13H20FNS. The average molecular weight is 241 g/mol. The Hall–Kier alpha value is -0.540. The third-order valence-electron chi connectivity index (χ3n) is 2.49. The lowest BCUT2D eigenvalue weighted by Crippen LogP contribution is -2.21. The van der Waals surface area contributed by atoms with Crippen molar-refractivity contribution in [2.24, 2.45) is 0 Å². The van der Waals surface area contributed by atoms with Gasteiger partial charge in [-0.15, -0.1) is 0 Å². The first-order valence-corrected chi connectivity index (χ1v) is 6.96. The standard InChI is InChI=1S/C13H20FNS/c1-3-16-10-6-9-15-11(2)12-7-4-5-8-13(12)14/h4-5,7-8,11,15H,3,6,9-10H2,1-2H3. The number of hydrogen-bond acceptors (Lipinski definition) is 2. The van der Waals surface area contributed by atoms with Crippen LogP contribution in [0.5, 0.6) is 0 Å². The number of nitrogens with one attached hydrogen (secondary N) is 1. The molecular weight excluding hydrogens is 221 g/mol. The monoisotopic (exact) mass is 241 g/mol. The van der Waals surface area contributed by atoms with Crippen LogP contribution in [0.25, 0.3) is 0 Å². The smallest absolute Gasteiger partial charge is 0.127 e. The highest BCUT2D eigenvalue weighted by Gasteiger charge is 2.08. The summed E-state index contributed by atoms with van der Waals surface area (Å²) in [5.74, 6) is 2.22. The largest absolute Gasteiger partial charge is 0.310 e. The van der Waals surface area contributed by atoms with Gasteiger partial charge in [0, 0.05) is 11.6 Å². The van der Waals surface area contributed by atoms with E-state index in [4.69, 9.17) is 0 Å². The van der Waals surface area contributed by atoms with Crippen molar-refractivity contribution in [3.63, 3.8) is 0 Å². The van der Waals surface area contributed by atoms with Crippen LogP contribution in [0.15, 0.2) is 24.3 Å². The third kappa shape index (κ3) is 4.54. The van der Waals surface area contributed by atoms with Crippen molar-refractivity contribution in [2.45, 2.75) is 26.3 Å². The molecule has 0 aromatic heterocycles. The summed E-state index contributed by atoms with van der Waals surface area (Å²) in [7, 11) is 0. The Labute approximate surface area is 102 Å². The summed E-state index contributed by atoms with van der Waals surface area (Å²) in [5, 5.41) is 3.35. The maximum absolute atomic E-state index is 13.4. The van der Waals surface area contributed by atoms with Crippen LogP contribution >= 0.6 is 11.8 Å². The fourth-order valence-corrected chi connectivity index (χ4v) is 2.21. The fourth-order valence-electron chi connectivity index (χ4n) is 1.57. The van der Waals surface area contributed by atoms with Gasteiger partial charge in [0.05, 0.1) is 0 Å². The molecule has 0 bridgehead atoms. The summed E-state index contributed by atoms with van der Waals surface area (Å²) in [6.07, 6.45) is 1.14. The summed E-state index contributed by atoms with van der Waals surface area (Å²) in [6, 6.07) is 7.05. The highest BCUT2D eigenvalue weighted by molar-refractivity contribution is 7.99. The van der Waals surface area contributed by atoms with Gasteiger partial charge in [-0.25, -0.2) is 4.39 Å². The number of thioether (sulfide) groups is 1. The van der Waals surface area contributed by atoms with Gasteiger partial charge in [0.2, 0.25) is 0 Å². The van der Waals surface area contributed by atoms with Gasteiger partial charge in [-0.3, -0.25) is 0 Å². The van der Waals surface area contributed by atoms with Crippen LogP contribution in [0, 0.1) is 5.82 Å². The molecule has 0 amide bonds. The van der Waals surface area contributed by atoms with Crippen LogP contribution in [0.1, 0.15) is 31.9 Å². The van der Waals surface area contributed by atoms with Gasteiger partial charge < -0.3 is 5.32 Å². The Balaban J connectivity index is 2.30. The van der Waals surface area contributed by atoms with Crippen LogP contribution in [0.3, 0.4) is 0 Å². The highest BCUT2D eigenvalue weighted by Crippen LogP contribution is 2.15. The molecule has 90 valence electrons. The van der Waals surface area contributed by atoms with Gasteiger partial charge in [-0.2, -0.15) is 11.8 Å². The molecule has 0 fully saturated rings. The van der Waals surface area contributed by atoms with Crippen molar-refractivity contribution >= 4 is 11.8 Å². The molecule has 0 saturated carbocycles. The van der Waals surface area contributed by atoms with E-state index >= 15 is 0 Å². The molecule has 0 aliphatic carbocycles. The zero-order valence-electron chi connectivity index (χ0n) is 10.0. The van der Waals surface area contributed by atoms with E-state index in [1.165, 1.54) is 17.6 Å². The summed E-state index contributed by atoms with van der Waals surface area (Å²) in [5.41, 5.74) is 0.755. The summed E-state index contributed by atoms with van der Waals surface area (Å²) in [4.78, 5) is 0. The van der Waals surface area contributed by atoms with Crippen molar-refractivity contribution < 1.29 is 4.39 Å². The van der Waals surface area contributed by atoms with Crippen molar-refractivity contribution in [2.75, 3.05) is 18.1 Å². The molecule has 1 aromatic rings. The molecule has 1 unspecified atom stereocenters. The molecule has 0 heterocycles. The van der Waals surface area contributed by atoms with Crippen LogP contribution in [0.4, 0.5) is 4.39 Å². The second-order valence-electron chi connectivity index (χ2n) is 3.75. The fraction of sp³-hybridized carbons (Fsp3) is 0.538. The molecule has 1 nitrogen and oxygen atoms in total. The lowest BCUT2D eigenvalue weighted by atomic mass is 10.1. The summed E-state index contributed by atoms with van der Waals surface area (Å²) >= 11 is 1.94. The zero-order valence-corrected chi connectivity index (χ0v) is 10.8. The van der Waals surface area contributed by atoms with E-state index in [2.05, 4.69) is 12.2 Å². The number of halogens is 1. The van der Waals surface area contributed by atoms with Gasteiger partial charge in [0.1, 0.15) is 5.82 Å². The van der Waals surface area contributed by atoms with E-state index in [0.29, 0.717) is 0 Å². The van der Waals surface area contributed by atoms with E-state index in [0.717, 1.165) is 18.5 Å². The predicted octanol–water partition coefficient (Wildman–Crippen LogP) is 3.62. The molecule has 16 heavy (non-hydrogen) atoms. The molecule has 1 rings (SSSR count). The van der Waals surface area contributed by atoms with E-state index in [-0.39, 0.29) is 11.9 Å². The van der Waals surface area contributed by atoms with Gasteiger partial charge in [0.15, 0.2) is 0 Å². The SMILES string of the molecule is CCSCCCNC(C)c1ccccc1F. The van der Waals surface area contributed by atoms with Crippen molar-refractivity contribution in [1.29, 1.82) is 0 Å². The van der Waals surface area contributed by atoms with Crippen molar-refractivity contribution in [1.82, 2.24) is 5.32 Å². The minimum atomic E-state index is -0.120. The maximum Gasteiger partial charge on any atom is 0.127 e. The second-order valence-corrected chi connectivity index (χ2v) is 5.14. The van der Waals surface area contributed by atoms with E-state index in [1.54, 1.807) is 6.07 Å². The molecule has 1 aromatic carbocycles. The van der Waals surface area contributed by atoms with E-state index in [1.807, 2.05) is 30.8 Å². The quantitative estimate of drug-likeness (QED) is 0.732. The predicted molar refractivity (Wildman–Crippen MR) is 70.4 cm³/mol. The summed E-state index contributed by atoms with van der Waals surface area (Å²) in [6.45, 7) is 5.12. The zero-order chi connectivity index (χ0) is 11.8. The van der Waals surface area contributed by atoms with Crippen molar-refractivity contribution in [3.8, 4) is 0 Å². The van der Waals surface area contributed by atoms with Crippen molar-refractivity contribution in [3.05, 3.63) is 35.6 Å². The first-order valence-electron chi connectivity index (χ1n) is 5.81. The lowest BCUT2D eigenvalue weighted by molar-refractivity contribution is 0.528. The third-order valence-corrected chi connectivity index (χ3v) is 3.48. The molecule has 0 saturated heterocycles. The van der Waals surface area contributed by atoms with Gasteiger partial charge >= 0.3 is 0 Å². The molecule has 0 aliphatic rings. The topological polar surface area (TPSA) is 12.0 Å². The Morgan fingerprint density at radius 3 is 2.81 bits per heavy atom. The minimum Gasteiger partial charge on any atom is -0.310 e. The van der Waals surface area contributed by atoms with Gasteiger partial charge in [-0.1, -0.05) is 25.1 Å². The molecule has 0 spiro atoms. The van der Waals surface area contributed by atoms with Crippen LogP contribution in [-0.4, -0.2) is 18.1 Å². The Morgan fingerprint density at radius 2 is 2.12 bits per heavy atom. The highest BCUT2D eigenvalue weighted by atomic mass is 32.2. The number of hydrogen-bond donors (Lipinski definition) is 1. The Morgan fingerprint density at radius 1 is 1.38 bits per heavy atom. The lowest BCUT2D eigenvalue weighted by Gasteiger charge is -2.14. The van der Waals surface area contributed by atoms with E-state index < -0.39 is 0 Å². The minimum absolute atomic E-state index is 0.0906. The maximum atomic E-state index is 13.4. The molecule has 0 radical (unpaired) electrons. The molecule has 0 aliphatic heterocycles. The summed E-state index contributed by atoms with van der Waals surface area (Å²) < 4.78 is 13.4. The first-order chi connectivity index (χ1) is 7.75. The molecule has 1 atom stereocenters. The first kappa shape index (κ1) is 13.5. The Bertz CT molecular complexity index is 304. The Kier molecular flexibility index (Phi) is 6.50. The van der Waals surface area contributed by atoms with Gasteiger partial charge in [0.25, 0.3) is 0 Å². The van der Waals surface area contributed by atoms with Gasteiger partial charge in [-0.05, 0) is 37.5 Å². The second kappa shape index (κ2) is 7.69. The number of rotatable bonds is 7. The number of benzene rings is 1. The van der Waals surface area contributed by atoms with Crippen LogP contribution < -0.4 is 5.32 Å². The average Bonchev–Trinajstić information content (AvgIpc) is 2.29. The van der Waals surface area contributed by atoms with E-state index in [9.17, 15) is 4.39 Å². The van der Waals surface area contributed by atoms with Crippen LogP contribution in [-0.2, 0) is 0 Å². The molecule has 3 heteroatoms. The van der Waals surface area contributed by atoms with Crippen LogP contribution in [0.2, 0.25) is 0 Å². The molecule has 1 N–H and O–H groups in total. The normalized spacial score (nSPS) is 12.7.